The number of rotatable bonds is 2. The van der Waals surface area contributed by atoms with Crippen molar-refractivity contribution in [2.45, 2.75) is 26.7 Å². The van der Waals surface area contributed by atoms with Crippen molar-refractivity contribution in [3.63, 3.8) is 0 Å². The van der Waals surface area contributed by atoms with E-state index in [1.165, 1.54) is 23.6 Å². The molecule has 1 heterocycles. The molecule has 1 heteroatoms. The van der Waals surface area contributed by atoms with Gasteiger partial charge >= 0.3 is 0 Å². The molecular formula is C12H15P. The normalized spacial score (nSPS) is 10.9. The molecule has 0 N–H and O–H groups in total. The third-order valence-corrected chi connectivity index (χ3v) is 4.44. The lowest BCUT2D eigenvalue weighted by molar-refractivity contribution is 1.20. The fourth-order valence-corrected chi connectivity index (χ4v) is 3.31. The fourth-order valence-electron chi connectivity index (χ4n) is 1.88. The molecule has 13 heavy (non-hydrogen) atoms. The van der Waals surface area contributed by atoms with E-state index in [4.69, 9.17) is 0 Å². The van der Waals surface area contributed by atoms with Gasteiger partial charge < -0.3 is 0 Å². The molecule has 0 nitrogen and oxygen atoms in total. The van der Waals surface area contributed by atoms with Crippen molar-refractivity contribution in [3.8, 4) is 0 Å². The van der Waals surface area contributed by atoms with Crippen LogP contribution in [0.4, 0.5) is 0 Å². The fraction of sp³-hybridized carbons (Fsp3) is 0.333. The Kier molecular flexibility index (Phi) is 2.42. The molecular weight excluding hydrogens is 175 g/mol. The molecule has 1 aromatic carbocycles. The molecule has 0 atom stereocenters. The molecule has 0 radical (unpaired) electrons. The number of aryl methyl sites for hydroxylation is 2. The van der Waals surface area contributed by atoms with Gasteiger partial charge in [-0.25, -0.2) is 0 Å². The van der Waals surface area contributed by atoms with Gasteiger partial charge in [-0.05, 0) is 34.2 Å². The maximum atomic E-state index is 2.27. The zero-order valence-corrected chi connectivity index (χ0v) is 9.22. The van der Waals surface area contributed by atoms with Crippen LogP contribution in [-0.2, 0) is 12.8 Å². The van der Waals surface area contributed by atoms with E-state index < -0.39 is 0 Å². The van der Waals surface area contributed by atoms with Gasteiger partial charge in [-0.15, -0.1) is 8.19 Å². The molecule has 2 rings (SSSR count). The molecule has 0 spiro atoms. The smallest absolute Gasteiger partial charge is 0.0109 e. The number of hydrogen-bond acceptors (Lipinski definition) is 0. The Morgan fingerprint density at radius 1 is 0.923 bits per heavy atom. The first-order valence-electron chi connectivity index (χ1n) is 4.95. The van der Waals surface area contributed by atoms with Crippen LogP contribution in [0, 0.1) is 0 Å². The van der Waals surface area contributed by atoms with Crippen LogP contribution < -0.4 is 0 Å². The first-order valence-corrected chi connectivity index (χ1v) is 5.95. The van der Waals surface area contributed by atoms with E-state index in [9.17, 15) is 0 Å². The van der Waals surface area contributed by atoms with E-state index >= 15 is 0 Å². The lowest BCUT2D eigenvalue weighted by atomic mass is 10.1. The highest BCUT2D eigenvalue weighted by atomic mass is 31.0. The minimum atomic E-state index is 0.962. The second kappa shape index (κ2) is 3.55. The maximum absolute atomic E-state index is 2.27. The molecule has 0 unspecified atom stereocenters. The lowest BCUT2D eigenvalue weighted by Gasteiger charge is -1.93. The van der Waals surface area contributed by atoms with Gasteiger partial charge in [0.2, 0.25) is 0 Å². The molecule has 0 aliphatic rings. The summed E-state index contributed by atoms with van der Waals surface area (Å²) >= 11 is 0. The third kappa shape index (κ3) is 1.40. The predicted molar refractivity (Wildman–Crippen MR) is 62.2 cm³/mol. The van der Waals surface area contributed by atoms with Crippen molar-refractivity contribution in [2.24, 2.45) is 0 Å². The van der Waals surface area contributed by atoms with Crippen LogP contribution in [0.3, 0.4) is 0 Å². The van der Waals surface area contributed by atoms with Crippen molar-refractivity contribution >= 4 is 19.0 Å². The van der Waals surface area contributed by atoms with Crippen LogP contribution in [0.25, 0.3) is 10.8 Å². The predicted octanol–water partition coefficient (Wildman–Crippen LogP) is 4.00. The van der Waals surface area contributed by atoms with Gasteiger partial charge in [0.1, 0.15) is 0 Å². The molecule has 1 aromatic heterocycles. The largest absolute Gasteiger partial charge is 0.132 e. The van der Waals surface area contributed by atoms with Gasteiger partial charge in [-0.3, -0.25) is 0 Å². The maximum Gasteiger partial charge on any atom is -0.0109 e. The highest BCUT2D eigenvalue weighted by Gasteiger charge is 2.05. The Balaban J connectivity index is 2.74. The molecule has 0 saturated carbocycles. The van der Waals surface area contributed by atoms with E-state index in [-0.39, 0.29) is 0 Å². The number of hydrogen-bond donors (Lipinski definition) is 0. The minimum Gasteiger partial charge on any atom is -0.132 e. The highest BCUT2D eigenvalue weighted by Crippen LogP contribution is 2.35. The van der Waals surface area contributed by atoms with Crippen molar-refractivity contribution in [3.05, 3.63) is 34.9 Å². The van der Waals surface area contributed by atoms with Crippen molar-refractivity contribution in [1.82, 2.24) is 0 Å². The zero-order valence-electron chi connectivity index (χ0n) is 8.22. The average molecular weight is 190 g/mol. The van der Waals surface area contributed by atoms with Crippen LogP contribution in [0.5, 0.6) is 0 Å². The van der Waals surface area contributed by atoms with Gasteiger partial charge in [0.15, 0.2) is 0 Å². The quantitative estimate of drug-likeness (QED) is 0.671. The van der Waals surface area contributed by atoms with E-state index in [2.05, 4.69) is 38.1 Å². The Bertz CT molecular complexity index is 374. The molecule has 68 valence electrons. The van der Waals surface area contributed by atoms with E-state index in [1.807, 2.05) is 0 Å². The van der Waals surface area contributed by atoms with Crippen molar-refractivity contribution in [2.75, 3.05) is 0 Å². The zero-order chi connectivity index (χ0) is 9.26. The second-order valence-electron chi connectivity index (χ2n) is 3.33. The summed E-state index contributed by atoms with van der Waals surface area (Å²) in [5, 5.41) is 6.32. The summed E-state index contributed by atoms with van der Waals surface area (Å²) in [6, 6.07) is 8.84. The van der Waals surface area contributed by atoms with Crippen LogP contribution in [0.15, 0.2) is 24.3 Å². The van der Waals surface area contributed by atoms with E-state index in [0.29, 0.717) is 0 Å². The van der Waals surface area contributed by atoms with E-state index in [1.54, 1.807) is 10.6 Å². The third-order valence-electron chi connectivity index (χ3n) is 2.59. The monoisotopic (exact) mass is 190 g/mol. The van der Waals surface area contributed by atoms with Crippen molar-refractivity contribution < 1.29 is 0 Å². The summed E-state index contributed by atoms with van der Waals surface area (Å²) in [4.78, 5) is 0. The molecule has 2 aromatic rings. The Labute approximate surface area is 81.1 Å². The standard InChI is InChI=1S/C12H15P/c1-3-11-9-7-5-6-8-10(9)12(4-2)13-11/h5-8,13H,3-4H2,1-2H3. The van der Waals surface area contributed by atoms with Gasteiger partial charge in [-0.2, -0.15) is 0 Å². The highest BCUT2D eigenvalue weighted by molar-refractivity contribution is 7.33. The molecule has 0 aliphatic heterocycles. The number of benzene rings is 1. The Hall–Kier alpha value is -0.740. The summed E-state index contributed by atoms with van der Waals surface area (Å²) in [5.41, 5.74) is 0. The lowest BCUT2D eigenvalue weighted by Crippen LogP contribution is -1.73. The van der Waals surface area contributed by atoms with Crippen LogP contribution in [0.1, 0.15) is 24.4 Å². The average Bonchev–Trinajstić information content (AvgIpc) is 2.56. The first kappa shape index (κ1) is 8.84. The SMILES string of the molecule is CCc1[pH]c(CC)c2ccccc12. The summed E-state index contributed by atoms with van der Waals surface area (Å²) in [6.07, 6.45) is 2.41. The van der Waals surface area contributed by atoms with Gasteiger partial charge in [-0.1, -0.05) is 38.1 Å². The van der Waals surface area contributed by atoms with Crippen LogP contribution >= 0.6 is 8.19 Å². The summed E-state index contributed by atoms with van der Waals surface area (Å²) in [5.74, 6) is 0. The molecule has 0 fully saturated rings. The molecule has 0 aliphatic carbocycles. The summed E-state index contributed by atoms with van der Waals surface area (Å²) in [6.45, 7) is 4.52. The summed E-state index contributed by atoms with van der Waals surface area (Å²) < 4.78 is 0. The molecule has 0 amide bonds. The van der Waals surface area contributed by atoms with E-state index in [0.717, 1.165) is 8.19 Å². The first-order chi connectivity index (χ1) is 6.36. The van der Waals surface area contributed by atoms with Gasteiger partial charge in [0.05, 0.1) is 0 Å². The Morgan fingerprint density at radius 2 is 1.38 bits per heavy atom. The van der Waals surface area contributed by atoms with Crippen LogP contribution in [0.2, 0.25) is 0 Å². The van der Waals surface area contributed by atoms with Gasteiger partial charge in [0.25, 0.3) is 0 Å². The number of fused-ring (bicyclic) bond motifs is 1. The molecule has 0 saturated heterocycles. The van der Waals surface area contributed by atoms with Crippen LogP contribution in [-0.4, -0.2) is 0 Å². The second-order valence-corrected chi connectivity index (χ2v) is 4.79. The van der Waals surface area contributed by atoms with Gasteiger partial charge in [0, 0.05) is 0 Å². The molecule has 0 bridgehead atoms. The van der Waals surface area contributed by atoms with Crippen molar-refractivity contribution in [1.29, 1.82) is 0 Å². The Morgan fingerprint density at radius 3 is 1.77 bits per heavy atom. The minimum absolute atomic E-state index is 0.962. The topological polar surface area (TPSA) is 0 Å². The summed E-state index contributed by atoms with van der Waals surface area (Å²) in [7, 11) is 0.962.